The van der Waals surface area contributed by atoms with Crippen LogP contribution < -0.4 is 0 Å². The fraction of sp³-hybridized carbons (Fsp3) is 0. The lowest BCUT2D eigenvalue weighted by atomic mass is 10.2. The first kappa shape index (κ1) is 10.4. The first-order valence-electron chi connectivity index (χ1n) is 3.01. The van der Waals surface area contributed by atoms with E-state index in [0.29, 0.717) is 6.07 Å². The Morgan fingerprint density at radius 3 is 2.54 bits per heavy atom. The zero-order valence-electron chi connectivity index (χ0n) is 5.94. The van der Waals surface area contributed by atoms with Gasteiger partial charge in [0.05, 0.1) is 9.50 Å². The topological polar surface area (TPSA) is 37.3 Å². The molecular weight excluding hydrogens is 269 g/mol. The average molecular weight is 271 g/mol. The molecular formula is C7H2BrClF2O2. The van der Waals surface area contributed by atoms with E-state index in [-0.39, 0.29) is 0 Å². The molecule has 0 saturated heterocycles. The molecule has 1 aromatic rings. The van der Waals surface area contributed by atoms with E-state index < -0.39 is 32.7 Å². The molecule has 0 saturated carbocycles. The van der Waals surface area contributed by atoms with Crippen LogP contribution in [0.15, 0.2) is 10.5 Å². The first-order valence-corrected chi connectivity index (χ1v) is 4.18. The monoisotopic (exact) mass is 270 g/mol. The van der Waals surface area contributed by atoms with Gasteiger partial charge in [-0.05, 0) is 22.0 Å². The molecule has 6 heteroatoms. The summed E-state index contributed by atoms with van der Waals surface area (Å²) < 4.78 is 25.3. The third-order valence-electron chi connectivity index (χ3n) is 1.33. The quantitative estimate of drug-likeness (QED) is 0.629. The van der Waals surface area contributed by atoms with E-state index in [2.05, 4.69) is 15.9 Å². The summed E-state index contributed by atoms with van der Waals surface area (Å²) in [4.78, 5) is 10.4. The summed E-state index contributed by atoms with van der Waals surface area (Å²) in [6.07, 6.45) is 0. The number of hydrogen-bond donors (Lipinski definition) is 1. The Balaban J connectivity index is 3.53. The lowest BCUT2D eigenvalue weighted by molar-refractivity contribution is 0.0690. The molecule has 0 aliphatic rings. The second-order valence-corrected chi connectivity index (χ2v) is 3.35. The van der Waals surface area contributed by atoms with Crippen molar-refractivity contribution in [1.29, 1.82) is 0 Å². The standard InChI is InChI=1S/C7H2BrClF2O2/c8-5-4(7(12)13)3(10)1-2(9)6(5)11/h1H,(H,12,13). The van der Waals surface area contributed by atoms with Crippen LogP contribution in [-0.2, 0) is 0 Å². The minimum Gasteiger partial charge on any atom is -0.478 e. The molecule has 0 unspecified atom stereocenters. The molecule has 2 nitrogen and oxygen atoms in total. The zero-order valence-corrected chi connectivity index (χ0v) is 8.29. The summed E-state index contributed by atoms with van der Waals surface area (Å²) in [7, 11) is 0. The van der Waals surface area contributed by atoms with Gasteiger partial charge < -0.3 is 5.11 Å². The summed E-state index contributed by atoms with van der Waals surface area (Å²) in [5.41, 5.74) is -0.762. The van der Waals surface area contributed by atoms with E-state index in [1.165, 1.54) is 0 Å². The molecule has 0 heterocycles. The van der Waals surface area contributed by atoms with Crippen molar-refractivity contribution in [2.24, 2.45) is 0 Å². The lowest BCUT2D eigenvalue weighted by Crippen LogP contribution is -2.03. The van der Waals surface area contributed by atoms with Crippen LogP contribution in [0.4, 0.5) is 8.78 Å². The zero-order chi connectivity index (χ0) is 10.2. The Morgan fingerprint density at radius 1 is 1.54 bits per heavy atom. The maximum atomic E-state index is 12.9. The molecule has 0 aliphatic carbocycles. The summed E-state index contributed by atoms with van der Waals surface area (Å²) in [6.45, 7) is 0. The van der Waals surface area contributed by atoms with Gasteiger partial charge in [-0.2, -0.15) is 0 Å². The predicted molar refractivity (Wildman–Crippen MR) is 46.0 cm³/mol. The molecule has 1 rings (SSSR count). The summed E-state index contributed by atoms with van der Waals surface area (Å²) in [6, 6.07) is 0.616. The van der Waals surface area contributed by atoms with Gasteiger partial charge in [-0.1, -0.05) is 11.6 Å². The molecule has 1 N–H and O–H groups in total. The van der Waals surface area contributed by atoms with Crippen molar-refractivity contribution in [2.45, 2.75) is 0 Å². The second kappa shape index (κ2) is 3.59. The Hall–Kier alpha value is -0.680. The van der Waals surface area contributed by atoms with Gasteiger partial charge in [-0.25, -0.2) is 13.6 Å². The van der Waals surface area contributed by atoms with Gasteiger partial charge in [0.25, 0.3) is 0 Å². The van der Waals surface area contributed by atoms with Crippen LogP contribution in [-0.4, -0.2) is 11.1 Å². The molecule has 0 aromatic heterocycles. The van der Waals surface area contributed by atoms with E-state index >= 15 is 0 Å². The van der Waals surface area contributed by atoms with Crippen LogP contribution >= 0.6 is 27.5 Å². The van der Waals surface area contributed by atoms with Gasteiger partial charge in [0.15, 0.2) is 5.82 Å². The fourth-order valence-corrected chi connectivity index (χ4v) is 1.64. The Bertz CT molecular complexity index is 381. The van der Waals surface area contributed by atoms with Gasteiger partial charge in [-0.3, -0.25) is 0 Å². The predicted octanol–water partition coefficient (Wildman–Crippen LogP) is 3.08. The number of carbonyl (C=O) groups is 1. The molecule has 0 spiro atoms. The first-order chi connectivity index (χ1) is 5.95. The Labute approximate surface area is 85.3 Å². The Morgan fingerprint density at radius 2 is 2.08 bits per heavy atom. The van der Waals surface area contributed by atoms with E-state index in [1.54, 1.807) is 0 Å². The smallest absolute Gasteiger partial charge is 0.339 e. The van der Waals surface area contributed by atoms with Crippen molar-refractivity contribution in [1.82, 2.24) is 0 Å². The molecule has 70 valence electrons. The van der Waals surface area contributed by atoms with E-state index in [9.17, 15) is 13.6 Å². The van der Waals surface area contributed by atoms with Crippen molar-refractivity contribution in [3.05, 3.63) is 32.8 Å². The minimum atomic E-state index is -1.56. The third kappa shape index (κ3) is 1.81. The van der Waals surface area contributed by atoms with Crippen molar-refractivity contribution in [3.8, 4) is 0 Å². The Kier molecular flexibility index (Phi) is 2.87. The van der Waals surface area contributed by atoms with Crippen molar-refractivity contribution in [3.63, 3.8) is 0 Å². The molecule has 0 radical (unpaired) electrons. The maximum absolute atomic E-state index is 12.9. The molecule has 0 amide bonds. The van der Waals surface area contributed by atoms with Gasteiger partial charge in [0, 0.05) is 0 Å². The number of benzene rings is 1. The van der Waals surface area contributed by atoms with Crippen LogP contribution in [0, 0.1) is 11.6 Å². The number of aromatic carboxylic acids is 1. The van der Waals surface area contributed by atoms with Gasteiger partial charge in [-0.15, -0.1) is 0 Å². The number of carboxylic acid groups (broad SMARTS) is 1. The number of halogens is 4. The highest BCUT2D eigenvalue weighted by Gasteiger charge is 2.20. The lowest BCUT2D eigenvalue weighted by Gasteiger charge is -2.03. The summed E-state index contributed by atoms with van der Waals surface area (Å²) in [5, 5.41) is 8.02. The molecule has 0 aliphatic heterocycles. The van der Waals surface area contributed by atoms with Crippen molar-refractivity contribution >= 4 is 33.5 Å². The second-order valence-electron chi connectivity index (χ2n) is 2.15. The molecule has 13 heavy (non-hydrogen) atoms. The number of carboxylic acids is 1. The highest BCUT2D eigenvalue weighted by atomic mass is 79.9. The van der Waals surface area contributed by atoms with Gasteiger partial charge in [0.1, 0.15) is 11.4 Å². The van der Waals surface area contributed by atoms with Crippen LogP contribution in [0.2, 0.25) is 5.02 Å². The molecule has 1 aromatic carbocycles. The minimum absolute atomic E-state index is 0.464. The fourth-order valence-electron chi connectivity index (χ4n) is 0.762. The third-order valence-corrected chi connectivity index (χ3v) is 2.35. The number of rotatable bonds is 1. The van der Waals surface area contributed by atoms with Crippen LogP contribution in [0.1, 0.15) is 10.4 Å². The van der Waals surface area contributed by atoms with Crippen LogP contribution in [0.3, 0.4) is 0 Å². The van der Waals surface area contributed by atoms with Gasteiger partial charge >= 0.3 is 5.97 Å². The molecule has 0 bridgehead atoms. The van der Waals surface area contributed by atoms with Crippen LogP contribution in [0.25, 0.3) is 0 Å². The largest absolute Gasteiger partial charge is 0.478 e. The summed E-state index contributed by atoms with van der Waals surface area (Å²) in [5.74, 6) is -3.62. The van der Waals surface area contributed by atoms with E-state index in [0.717, 1.165) is 0 Å². The molecule has 0 atom stereocenters. The van der Waals surface area contributed by atoms with Crippen molar-refractivity contribution in [2.75, 3.05) is 0 Å². The van der Waals surface area contributed by atoms with Gasteiger partial charge in [0.2, 0.25) is 0 Å². The summed E-state index contributed by atoms with van der Waals surface area (Å²) >= 11 is 7.86. The molecule has 0 fully saturated rings. The van der Waals surface area contributed by atoms with Crippen LogP contribution in [0.5, 0.6) is 0 Å². The average Bonchev–Trinajstić information content (AvgIpc) is 1.99. The normalized spacial score (nSPS) is 10.2. The highest BCUT2D eigenvalue weighted by molar-refractivity contribution is 9.10. The highest BCUT2D eigenvalue weighted by Crippen LogP contribution is 2.29. The maximum Gasteiger partial charge on any atom is 0.339 e. The number of hydrogen-bond acceptors (Lipinski definition) is 1. The van der Waals surface area contributed by atoms with E-state index in [4.69, 9.17) is 16.7 Å². The van der Waals surface area contributed by atoms with E-state index in [1.807, 2.05) is 0 Å². The SMILES string of the molecule is O=C(O)c1c(F)cc(Cl)c(F)c1Br. The van der Waals surface area contributed by atoms with Crippen molar-refractivity contribution < 1.29 is 18.7 Å².